The molecule has 0 N–H and O–H groups in total. The molecule has 1 aliphatic rings. The molecule has 1 aromatic heterocycles. The van der Waals surface area contributed by atoms with Gasteiger partial charge in [-0.05, 0) is 43.7 Å². The van der Waals surface area contributed by atoms with E-state index in [0.717, 1.165) is 5.56 Å². The van der Waals surface area contributed by atoms with Crippen LogP contribution in [0, 0.1) is 5.82 Å². The van der Waals surface area contributed by atoms with Gasteiger partial charge in [0.25, 0.3) is 5.56 Å². The zero-order valence-corrected chi connectivity index (χ0v) is 21.7. The minimum atomic E-state index is -0.856. The van der Waals surface area contributed by atoms with Gasteiger partial charge in [-0.3, -0.25) is 9.36 Å². The second kappa shape index (κ2) is 11.0. The van der Waals surface area contributed by atoms with Crippen molar-refractivity contribution >= 4 is 29.1 Å². The third-order valence-electron chi connectivity index (χ3n) is 6.06. The van der Waals surface area contributed by atoms with Gasteiger partial charge in [0.1, 0.15) is 11.6 Å². The summed E-state index contributed by atoms with van der Waals surface area (Å²) < 4.78 is 27.0. The zero-order chi connectivity index (χ0) is 26.6. The molecule has 38 heavy (non-hydrogen) atoms. The number of carbonyl (C=O) groups excluding carboxylic acids is 1. The predicted octanol–water partition coefficient (Wildman–Crippen LogP) is 4.47. The van der Waals surface area contributed by atoms with Gasteiger partial charge in [-0.15, -0.1) is 0 Å². The first-order chi connectivity index (χ1) is 18.5. The number of esters is 1. The van der Waals surface area contributed by atoms with E-state index >= 15 is 0 Å². The van der Waals surface area contributed by atoms with Crippen LogP contribution in [0.25, 0.3) is 11.8 Å². The highest BCUT2D eigenvalue weighted by atomic mass is 32.1. The number of benzene rings is 3. The van der Waals surface area contributed by atoms with Crippen molar-refractivity contribution in [2.24, 2.45) is 4.99 Å². The summed E-state index contributed by atoms with van der Waals surface area (Å²) in [5.41, 5.74) is 2.36. The topological polar surface area (TPSA) is 69.9 Å². The highest BCUT2D eigenvalue weighted by molar-refractivity contribution is 7.07. The maximum Gasteiger partial charge on any atom is 0.338 e. The molecule has 5 rings (SSSR count). The van der Waals surface area contributed by atoms with Crippen molar-refractivity contribution in [2.45, 2.75) is 19.9 Å². The van der Waals surface area contributed by atoms with Crippen LogP contribution in [0.15, 0.2) is 94.2 Å². The Bertz CT molecular complexity index is 1690. The van der Waals surface area contributed by atoms with Crippen LogP contribution >= 0.6 is 11.3 Å². The summed E-state index contributed by atoms with van der Waals surface area (Å²) in [7, 11) is 0. The Kier molecular flexibility index (Phi) is 7.33. The molecule has 3 aromatic carbocycles. The number of halogens is 1. The molecule has 0 amide bonds. The summed E-state index contributed by atoms with van der Waals surface area (Å²) in [5, 5.41) is 0. The van der Waals surface area contributed by atoms with Gasteiger partial charge < -0.3 is 9.47 Å². The van der Waals surface area contributed by atoms with Gasteiger partial charge in [0.05, 0.1) is 35.1 Å². The lowest BCUT2D eigenvalue weighted by Gasteiger charge is -2.25. The normalized spacial score (nSPS) is 15.1. The van der Waals surface area contributed by atoms with Crippen molar-refractivity contribution in [3.63, 3.8) is 0 Å². The van der Waals surface area contributed by atoms with Crippen LogP contribution < -0.4 is 19.6 Å². The number of carbonyl (C=O) groups is 1. The van der Waals surface area contributed by atoms with E-state index in [-0.39, 0.29) is 17.7 Å². The van der Waals surface area contributed by atoms with Gasteiger partial charge in [-0.25, -0.2) is 14.2 Å². The van der Waals surface area contributed by atoms with Crippen molar-refractivity contribution < 1.29 is 18.7 Å². The van der Waals surface area contributed by atoms with E-state index in [1.807, 2.05) is 61.5 Å². The number of para-hydroxylation sites is 1. The standard InChI is InChI=1S/C30H25FN2O4S/c1-3-36-23-13-9-8-12-21(23)18-24-28(34)33-27(20-14-16-22(31)17-15-20)25(29(35)37-4-2)26(32-30(33)38-24)19-10-6-5-7-11-19/h5-18,27H,3-4H2,1-2H3/b24-18-/t27-/m1/s1. The van der Waals surface area contributed by atoms with Crippen molar-refractivity contribution in [3.05, 3.63) is 127 Å². The molecule has 1 atom stereocenters. The lowest BCUT2D eigenvalue weighted by molar-refractivity contribution is -0.138. The molecule has 8 heteroatoms. The van der Waals surface area contributed by atoms with E-state index in [1.165, 1.54) is 28.0 Å². The Morgan fingerprint density at radius 1 is 1.00 bits per heavy atom. The van der Waals surface area contributed by atoms with E-state index < -0.39 is 17.8 Å². The first kappa shape index (κ1) is 25.4. The van der Waals surface area contributed by atoms with E-state index in [4.69, 9.17) is 14.5 Å². The molecule has 0 bridgehead atoms. The Balaban J connectivity index is 1.82. The highest BCUT2D eigenvalue weighted by Gasteiger charge is 2.35. The molecule has 4 aromatic rings. The fourth-order valence-corrected chi connectivity index (χ4v) is 5.42. The molecule has 0 radical (unpaired) electrons. The van der Waals surface area contributed by atoms with Gasteiger partial charge in [0.2, 0.25) is 0 Å². The third-order valence-corrected chi connectivity index (χ3v) is 7.05. The van der Waals surface area contributed by atoms with Gasteiger partial charge in [-0.2, -0.15) is 0 Å². The van der Waals surface area contributed by atoms with Crippen LogP contribution in [0.1, 0.15) is 36.6 Å². The Morgan fingerprint density at radius 2 is 1.71 bits per heavy atom. The zero-order valence-electron chi connectivity index (χ0n) is 20.9. The molecule has 192 valence electrons. The minimum Gasteiger partial charge on any atom is -0.493 e. The van der Waals surface area contributed by atoms with Gasteiger partial charge >= 0.3 is 5.97 Å². The van der Waals surface area contributed by atoms with Gasteiger partial charge in [0, 0.05) is 11.1 Å². The number of hydrogen-bond acceptors (Lipinski definition) is 6. The average Bonchev–Trinajstić information content (AvgIpc) is 3.24. The fourth-order valence-electron chi connectivity index (χ4n) is 4.43. The summed E-state index contributed by atoms with van der Waals surface area (Å²) in [4.78, 5) is 32.6. The van der Waals surface area contributed by atoms with Crippen molar-refractivity contribution in [3.8, 4) is 5.75 Å². The summed E-state index contributed by atoms with van der Waals surface area (Å²) in [6.45, 7) is 4.26. The number of ether oxygens (including phenoxy) is 2. The molecule has 0 spiro atoms. The largest absolute Gasteiger partial charge is 0.493 e. The predicted molar refractivity (Wildman–Crippen MR) is 145 cm³/mol. The SMILES string of the molecule is CCOC(=O)C1=C(c2ccccc2)N=c2s/c(=C\c3ccccc3OCC)c(=O)n2[C@@H]1c1ccc(F)cc1. The second-order valence-corrected chi connectivity index (χ2v) is 9.46. The van der Waals surface area contributed by atoms with Crippen LogP contribution in [0.4, 0.5) is 4.39 Å². The molecular weight excluding hydrogens is 503 g/mol. The van der Waals surface area contributed by atoms with Crippen molar-refractivity contribution in [1.29, 1.82) is 0 Å². The maximum atomic E-state index is 13.9. The Morgan fingerprint density at radius 3 is 2.42 bits per heavy atom. The number of thiazole rings is 1. The highest BCUT2D eigenvalue weighted by Crippen LogP contribution is 2.35. The second-order valence-electron chi connectivity index (χ2n) is 8.45. The molecule has 0 saturated heterocycles. The van der Waals surface area contributed by atoms with E-state index in [1.54, 1.807) is 25.1 Å². The number of nitrogens with zero attached hydrogens (tertiary/aromatic N) is 2. The lowest BCUT2D eigenvalue weighted by Crippen LogP contribution is -2.40. The summed E-state index contributed by atoms with van der Waals surface area (Å²) in [6, 6.07) is 21.7. The molecule has 0 saturated carbocycles. The number of aromatic nitrogens is 1. The van der Waals surface area contributed by atoms with Crippen LogP contribution in [0.3, 0.4) is 0 Å². The smallest absolute Gasteiger partial charge is 0.338 e. The first-order valence-electron chi connectivity index (χ1n) is 12.3. The Hall–Kier alpha value is -4.30. The first-order valence-corrected chi connectivity index (χ1v) is 13.1. The van der Waals surface area contributed by atoms with Crippen LogP contribution in [0.2, 0.25) is 0 Å². The van der Waals surface area contributed by atoms with Gasteiger partial charge in [0.15, 0.2) is 4.80 Å². The Labute approximate surface area is 222 Å². The molecule has 1 aliphatic heterocycles. The minimum absolute atomic E-state index is 0.152. The number of rotatable bonds is 7. The van der Waals surface area contributed by atoms with Crippen LogP contribution in [0.5, 0.6) is 5.75 Å². The van der Waals surface area contributed by atoms with E-state index in [0.29, 0.717) is 38.5 Å². The molecule has 0 aliphatic carbocycles. The van der Waals surface area contributed by atoms with Gasteiger partial charge in [-0.1, -0.05) is 72.0 Å². The molecule has 6 nitrogen and oxygen atoms in total. The maximum absolute atomic E-state index is 13.9. The van der Waals surface area contributed by atoms with Crippen LogP contribution in [-0.4, -0.2) is 23.8 Å². The average molecular weight is 529 g/mol. The fraction of sp³-hybridized carbons (Fsp3) is 0.167. The summed E-state index contributed by atoms with van der Waals surface area (Å²) in [5.74, 6) is -0.341. The quantitative estimate of drug-likeness (QED) is 0.332. The number of hydrogen-bond donors (Lipinski definition) is 0. The molecular formula is C30H25FN2O4S. The van der Waals surface area contributed by atoms with E-state index in [9.17, 15) is 14.0 Å². The molecule has 2 heterocycles. The molecule has 0 unspecified atom stereocenters. The van der Waals surface area contributed by atoms with Crippen molar-refractivity contribution in [1.82, 2.24) is 4.57 Å². The van der Waals surface area contributed by atoms with Crippen LogP contribution in [-0.2, 0) is 9.53 Å². The lowest BCUT2D eigenvalue weighted by atomic mass is 9.93. The third kappa shape index (κ3) is 4.82. The van der Waals surface area contributed by atoms with E-state index in [2.05, 4.69) is 0 Å². The van der Waals surface area contributed by atoms with Crippen molar-refractivity contribution in [2.75, 3.05) is 13.2 Å². The number of fused-ring (bicyclic) bond motifs is 1. The molecule has 0 fully saturated rings. The summed E-state index contributed by atoms with van der Waals surface area (Å²) in [6.07, 6.45) is 1.77. The summed E-state index contributed by atoms with van der Waals surface area (Å²) >= 11 is 1.22. The monoisotopic (exact) mass is 528 g/mol.